The molecule has 0 spiro atoms. The standard InChI is InChI=1S/C17H20Cl2O2/c1-2-21-13-7-11(18)10(6-12(13)19)17(20)16-14-8-3-4-9(5-8)15(14)16/h6-9,14-17,20H,2-5H2,1H3. The third-order valence-electron chi connectivity index (χ3n) is 5.83. The second-order valence-electron chi connectivity index (χ2n) is 6.75. The number of aliphatic hydroxyl groups excluding tert-OH is 1. The van der Waals surface area contributed by atoms with Gasteiger partial charge in [0.25, 0.3) is 0 Å². The molecule has 0 aromatic heterocycles. The molecule has 114 valence electrons. The van der Waals surface area contributed by atoms with E-state index in [0.717, 1.165) is 29.2 Å². The molecule has 2 nitrogen and oxygen atoms in total. The SMILES string of the molecule is CCOc1cc(Cl)c(C(O)C2C3C4CCC(C4)C32)cc1Cl. The molecular weight excluding hydrogens is 307 g/mol. The van der Waals surface area contributed by atoms with Crippen LogP contribution in [0.25, 0.3) is 0 Å². The summed E-state index contributed by atoms with van der Waals surface area (Å²) in [4.78, 5) is 0. The Balaban J connectivity index is 1.58. The molecular formula is C17H20Cl2O2. The summed E-state index contributed by atoms with van der Waals surface area (Å²) >= 11 is 12.6. The van der Waals surface area contributed by atoms with Crippen LogP contribution >= 0.6 is 23.2 Å². The van der Waals surface area contributed by atoms with Crippen LogP contribution in [0.15, 0.2) is 12.1 Å². The molecule has 2 bridgehead atoms. The van der Waals surface area contributed by atoms with Crippen LogP contribution in [-0.2, 0) is 0 Å². The molecule has 1 N–H and O–H groups in total. The molecule has 3 aliphatic carbocycles. The lowest BCUT2D eigenvalue weighted by Crippen LogP contribution is -2.09. The minimum Gasteiger partial charge on any atom is -0.492 e. The van der Waals surface area contributed by atoms with E-state index >= 15 is 0 Å². The van der Waals surface area contributed by atoms with Crippen molar-refractivity contribution in [3.63, 3.8) is 0 Å². The quantitative estimate of drug-likeness (QED) is 0.867. The van der Waals surface area contributed by atoms with Crippen LogP contribution in [-0.4, -0.2) is 11.7 Å². The number of halogens is 2. The van der Waals surface area contributed by atoms with E-state index in [0.29, 0.717) is 28.3 Å². The highest BCUT2D eigenvalue weighted by atomic mass is 35.5. The van der Waals surface area contributed by atoms with Gasteiger partial charge in [-0.25, -0.2) is 0 Å². The third kappa shape index (κ3) is 2.10. The van der Waals surface area contributed by atoms with Crippen molar-refractivity contribution in [3.8, 4) is 5.75 Å². The van der Waals surface area contributed by atoms with Crippen molar-refractivity contribution in [3.05, 3.63) is 27.7 Å². The lowest BCUT2D eigenvalue weighted by Gasteiger charge is -2.18. The fourth-order valence-corrected chi connectivity index (χ4v) is 5.55. The summed E-state index contributed by atoms with van der Waals surface area (Å²) in [5, 5.41) is 11.9. The smallest absolute Gasteiger partial charge is 0.139 e. The zero-order chi connectivity index (χ0) is 14.7. The molecule has 0 aliphatic heterocycles. The number of hydrogen-bond acceptors (Lipinski definition) is 2. The van der Waals surface area contributed by atoms with Gasteiger partial charge in [-0.05, 0) is 61.8 Å². The summed E-state index contributed by atoms with van der Waals surface area (Å²) in [5.74, 6) is 4.12. The van der Waals surface area contributed by atoms with Gasteiger partial charge in [-0.3, -0.25) is 0 Å². The first-order valence-corrected chi connectivity index (χ1v) is 8.67. The molecule has 0 heterocycles. The van der Waals surface area contributed by atoms with Crippen LogP contribution in [0.1, 0.15) is 37.9 Å². The Morgan fingerprint density at radius 1 is 1.19 bits per heavy atom. The first kappa shape index (κ1) is 14.2. The Morgan fingerprint density at radius 3 is 2.48 bits per heavy atom. The van der Waals surface area contributed by atoms with Gasteiger partial charge in [0, 0.05) is 11.6 Å². The molecule has 0 saturated heterocycles. The molecule has 3 fully saturated rings. The van der Waals surface area contributed by atoms with Crippen LogP contribution in [0.4, 0.5) is 0 Å². The Labute approximate surface area is 135 Å². The van der Waals surface area contributed by atoms with Crippen molar-refractivity contribution in [2.45, 2.75) is 32.3 Å². The molecule has 4 rings (SSSR count). The summed E-state index contributed by atoms with van der Waals surface area (Å²) in [6.45, 7) is 2.46. The molecule has 3 aliphatic rings. The van der Waals surface area contributed by atoms with Gasteiger partial charge in [-0.2, -0.15) is 0 Å². The van der Waals surface area contributed by atoms with E-state index in [-0.39, 0.29) is 0 Å². The van der Waals surface area contributed by atoms with Gasteiger partial charge in [-0.15, -0.1) is 0 Å². The molecule has 3 saturated carbocycles. The zero-order valence-corrected chi connectivity index (χ0v) is 13.6. The van der Waals surface area contributed by atoms with Crippen molar-refractivity contribution in [1.82, 2.24) is 0 Å². The van der Waals surface area contributed by atoms with E-state index in [2.05, 4.69) is 0 Å². The summed E-state index contributed by atoms with van der Waals surface area (Å²) in [7, 11) is 0. The van der Waals surface area contributed by atoms with Crippen LogP contribution in [0.5, 0.6) is 5.75 Å². The predicted molar refractivity (Wildman–Crippen MR) is 83.9 cm³/mol. The number of rotatable bonds is 4. The van der Waals surface area contributed by atoms with Crippen LogP contribution in [0, 0.1) is 29.6 Å². The topological polar surface area (TPSA) is 29.5 Å². The first-order chi connectivity index (χ1) is 10.1. The Morgan fingerprint density at radius 2 is 1.86 bits per heavy atom. The average Bonchev–Trinajstić information content (AvgIpc) is 2.89. The van der Waals surface area contributed by atoms with Crippen molar-refractivity contribution in [2.24, 2.45) is 29.6 Å². The van der Waals surface area contributed by atoms with Crippen LogP contribution < -0.4 is 4.74 Å². The normalized spacial score (nSPS) is 37.4. The van der Waals surface area contributed by atoms with Crippen molar-refractivity contribution < 1.29 is 9.84 Å². The Hall–Kier alpha value is -0.440. The van der Waals surface area contributed by atoms with Gasteiger partial charge >= 0.3 is 0 Å². The number of benzene rings is 1. The van der Waals surface area contributed by atoms with E-state index < -0.39 is 6.10 Å². The van der Waals surface area contributed by atoms with E-state index in [1.807, 2.05) is 6.92 Å². The van der Waals surface area contributed by atoms with Crippen molar-refractivity contribution >= 4 is 23.2 Å². The van der Waals surface area contributed by atoms with Crippen molar-refractivity contribution in [2.75, 3.05) is 6.61 Å². The number of hydrogen-bond donors (Lipinski definition) is 1. The largest absolute Gasteiger partial charge is 0.492 e. The van der Waals surface area contributed by atoms with E-state index in [1.165, 1.54) is 19.3 Å². The lowest BCUT2D eigenvalue weighted by atomic mass is 9.95. The molecule has 4 heteroatoms. The van der Waals surface area contributed by atoms with E-state index in [1.54, 1.807) is 12.1 Å². The summed E-state index contributed by atoms with van der Waals surface area (Å²) < 4.78 is 5.45. The van der Waals surface area contributed by atoms with E-state index in [4.69, 9.17) is 27.9 Å². The highest BCUT2D eigenvalue weighted by Crippen LogP contribution is 2.72. The fraction of sp³-hybridized carbons (Fsp3) is 0.647. The van der Waals surface area contributed by atoms with Gasteiger partial charge in [0.15, 0.2) is 0 Å². The molecule has 5 atom stereocenters. The maximum Gasteiger partial charge on any atom is 0.139 e. The second kappa shape index (κ2) is 5.04. The molecule has 1 aromatic carbocycles. The highest BCUT2D eigenvalue weighted by Gasteiger charge is 2.66. The predicted octanol–water partition coefficient (Wildman–Crippen LogP) is 4.72. The van der Waals surface area contributed by atoms with Gasteiger partial charge in [0.2, 0.25) is 0 Å². The maximum atomic E-state index is 10.8. The summed E-state index contributed by atoms with van der Waals surface area (Å²) in [6.07, 6.45) is 3.61. The molecule has 21 heavy (non-hydrogen) atoms. The average molecular weight is 327 g/mol. The van der Waals surface area contributed by atoms with E-state index in [9.17, 15) is 5.11 Å². The minimum absolute atomic E-state index is 0.391. The first-order valence-electron chi connectivity index (χ1n) is 7.91. The van der Waals surface area contributed by atoms with Gasteiger partial charge in [0.05, 0.1) is 22.8 Å². The van der Waals surface area contributed by atoms with Crippen LogP contribution in [0.2, 0.25) is 10.0 Å². The third-order valence-corrected chi connectivity index (χ3v) is 6.45. The Kier molecular flexibility index (Phi) is 3.40. The van der Waals surface area contributed by atoms with Gasteiger partial charge in [0.1, 0.15) is 5.75 Å². The fourth-order valence-electron chi connectivity index (χ4n) is 5.06. The molecule has 0 amide bonds. The molecule has 5 unspecified atom stereocenters. The number of aliphatic hydroxyl groups is 1. The summed E-state index contributed by atoms with van der Waals surface area (Å²) in [5.41, 5.74) is 0.768. The zero-order valence-electron chi connectivity index (χ0n) is 12.1. The van der Waals surface area contributed by atoms with Crippen LogP contribution in [0.3, 0.4) is 0 Å². The maximum absolute atomic E-state index is 10.8. The number of ether oxygens (including phenoxy) is 1. The monoisotopic (exact) mass is 326 g/mol. The molecule has 1 aromatic rings. The highest BCUT2D eigenvalue weighted by molar-refractivity contribution is 6.34. The van der Waals surface area contributed by atoms with Gasteiger partial charge in [-0.1, -0.05) is 23.2 Å². The van der Waals surface area contributed by atoms with Gasteiger partial charge < -0.3 is 9.84 Å². The molecule has 0 radical (unpaired) electrons. The minimum atomic E-state index is -0.482. The number of fused-ring (bicyclic) bond motifs is 5. The second-order valence-corrected chi connectivity index (χ2v) is 7.56. The Bertz CT molecular complexity index is 558. The summed E-state index contributed by atoms with van der Waals surface area (Å²) in [6, 6.07) is 3.52. The lowest BCUT2D eigenvalue weighted by molar-refractivity contribution is 0.130. The van der Waals surface area contributed by atoms with Crippen molar-refractivity contribution in [1.29, 1.82) is 0 Å².